The zero-order valence-electron chi connectivity index (χ0n) is 9.06. The van der Waals surface area contributed by atoms with E-state index in [1.165, 1.54) is 12.3 Å². The van der Waals surface area contributed by atoms with Gasteiger partial charge in [0.2, 0.25) is 0 Å². The van der Waals surface area contributed by atoms with Crippen LogP contribution in [0.2, 0.25) is 0 Å². The molecule has 1 rings (SSSR count). The fraction of sp³-hybridized carbons (Fsp3) is 0.556. The van der Waals surface area contributed by atoms with Crippen LogP contribution in [0.3, 0.4) is 0 Å². The number of anilines is 1. The summed E-state index contributed by atoms with van der Waals surface area (Å²) >= 11 is 0. The van der Waals surface area contributed by atoms with Crippen molar-refractivity contribution in [3.8, 4) is 0 Å². The van der Waals surface area contributed by atoms with Gasteiger partial charge < -0.3 is 25.8 Å². The molecule has 8 heteroatoms. The smallest absolute Gasteiger partial charge is 0.351 e. The lowest BCUT2D eigenvalue weighted by atomic mass is 10.4. The predicted molar refractivity (Wildman–Crippen MR) is 58.1 cm³/mol. The Bertz CT molecular complexity index is 404. The normalized spacial score (nSPS) is 12.9. The van der Waals surface area contributed by atoms with Crippen LogP contribution < -0.4 is 11.4 Å². The molecule has 96 valence electrons. The number of nitrogen functional groups attached to an aromatic ring is 1. The zero-order chi connectivity index (χ0) is 12.8. The molecular formula is C9H15N3O5. The molecule has 0 bridgehead atoms. The summed E-state index contributed by atoms with van der Waals surface area (Å²) in [4.78, 5) is 14.9. The Morgan fingerprint density at radius 3 is 2.47 bits per heavy atom. The molecule has 0 aliphatic carbocycles. The van der Waals surface area contributed by atoms with E-state index in [9.17, 15) is 4.79 Å². The van der Waals surface area contributed by atoms with Crippen molar-refractivity contribution in [2.75, 3.05) is 25.6 Å². The van der Waals surface area contributed by atoms with Gasteiger partial charge in [-0.25, -0.2) is 4.79 Å². The first-order chi connectivity index (χ1) is 8.12. The van der Waals surface area contributed by atoms with Crippen LogP contribution in [-0.2, 0) is 4.74 Å². The number of rotatable bonds is 6. The molecule has 17 heavy (non-hydrogen) atoms. The van der Waals surface area contributed by atoms with E-state index in [1.807, 2.05) is 0 Å². The Hall–Kier alpha value is -1.48. The van der Waals surface area contributed by atoms with E-state index in [4.69, 9.17) is 25.8 Å². The van der Waals surface area contributed by atoms with E-state index in [1.54, 1.807) is 0 Å². The predicted octanol–water partition coefficient (Wildman–Crippen LogP) is -2.31. The number of hydrogen-bond acceptors (Lipinski definition) is 7. The van der Waals surface area contributed by atoms with Gasteiger partial charge >= 0.3 is 5.69 Å². The summed E-state index contributed by atoms with van der Waals surface area (Å²) in [5, 5.41) is 26.8. The molecule has 0 amide bonds. The van der Waals surface area contributed by atoms with E-state index in [0.717, 1.165) is 4.57 Å². The summed E-state index contributed by atoms with van der Waals surface area (Å²) in [5.74, 6) is 0.0591. The number of ether oxygens (including phenoxy) is 1. The standard InChI is InChI=1S/C9H15N3O5/c10-7-1-2-12(9(16)11-7)8(5-15)17-6(3-13)4-14/h1-2,6,8,13-15H,3-5H2,(H2,10,11,16)/t8-/m1/s1. The Morgan fingerprint density at radius 1 is 1.35 bits per heavy atom. The highest BCUT2D eigenvalue weighted by molar-refractivity contribution is 5.23. The molecule has 0 unspecified atom stereocenters. The number of nitrogens with two attached hydrogens (primary N) is 1. The van der Waals surface area contributed by atoms with Gasteiger partial charge in [-0.15, -0.1) is 0 Å². The number of aliphatic hydroxyl groups is 3. The van der Waals surface area contributed by atoms with Gasteiger partial charge in [-0.2, -0.15) is 4.98 Å². The third kappa shape index (κ3) is 3.49. The van der Waals surface area contributed by atoms with Gasteiger partial charge in [-0.3, -0.25) is 4.57 Å². The van der Waals surface area contributed by atoms with E-state index >= 15 is 0 Å². The third-order valence-electron chi connectivity index (χ3n) is 2.07. The number of aliphatic hydroxyl groups excluding tert-OH is 3. The maximum atomic E-state index is 11.5. The minimum atomic E-state index is -1.03. The Morgan fingerprint density at radius 2 is 2.00 bits per heavy atom. The SMILES string of the molecule is Nc1ccn([C@@H](CO)OC(CO)CO)c(=O)n1. The van der Waals surface area contributed by atoms with Crippen molar-refractivity contribution in [2.45, 2.75) is 12.3 Å². The molecule has 0 aliphatic rings. The second kappa shape index (κ2) is 6.30. The molecule has 0 aliphatic heterocycles. The molecular weight excluding hydrogens is 230 g/mol. The van der Waals surface area contributed by atoms with Crippen molar-refractivity contribution >= 4 is 5.82 Å². The lowest BCUT2D eigenvalue weighted by Gasteiger charge is -2.22. The second-order valence-corrected chi connectivity index (χ2v) is 3.30. The molecule has 8 nitrogen and oxygen atoms in total. The molecule has 1 aromatic heterocycles. The van der Waals surface area contributed by atoms with E-state index in [2.05, 4.69) is 4.98 Å². The fourth-order valence-electron chi connectivity index (χ4n) is 1.21. The van der Waals surface area contributed by atoms with Crippen molar-refractivity contribution in [1.29, 1.82) is 0 Å². The van der Waals surface area contributed by atoms with Crippen LogP contribution in [0.15, 0.2) is 17.1 Å². The molecule has 0 spiro atoms. The molecule has 5 N–H and O–H groups in total. The van der Waals surface area contributed by atoms with Gasteiger partial charge in [-0.05, 0) is 6.07 Å². The first kappa shape index (κ1) is 13.6. The topological polar surface area (TPSA) is 131 Å². The maximum Gasteiger partial charge on any atom is 0.351 e. The lowest BCUT2D eigenvalue weighted by molar-refractivity contribution is -0.113. The van der Waals surface area contributed by atoms with Crippen molar-refractivity contribution in [2.24, 2.45) is 0 Å². The Balaban J connectivity index is 2.89. The van der Waals surface area contributed by atoms with Crippen LogP contribution in [0.5, 0.6) is 0 Å². The lowest BCUT2D eigenvalue weighted by Crippen LogP contribution is -2.35. The third-order valence-corrected chi connectivity index (χ3v) is 2.07. The molecule has 0 saturated heterocycles. The van der Waals surface area contributed by atoms with Crippen LogP contribution >= 0.6 is 0 Å². The van der Waals surface area contributed by atoms with Crippen LogP contribution in [-0.4, -0.2) is 50.8 Å². The summed E-state index contributed by atoms with van der Waals surface area (Å²) in [6, 6.07) is 1.38. The van der Waals surface area contributed by atoms with Crippen molar-refractivity contribution in [3.63, 3.8) is 0 Å². The average molecular weight is 245 g/mol. The van der Waals surface area contributed by atoms with Crippen molar-refractivity contribution in [1.82, 2.24) is 9.55 Å². The summed E-state index contributed by atoms with van der Waals surface area (Å²) in [6.45, 7) is -1.35. The number of hydrogen-bond donors (Lipinski definition) is 4. The zero-order valence-corrected chi connectivity index (χ0v) is 9.06. The van der Waals surface area contributed by atoms with Gasteiger partial charge in [0.05, 0.1) is 19.8 Å². The molecule has 0 aromatic carbocycles. The van der Waals surface area contributed by atoms with Gasteiger partial charge in [0.25, 0.3) is 0 Å². The van der Waals surface area contributed by atoms with Crippen LogP contribution in [0, 0.1) is 0 Å². The summed E-state index contributed by atoms with van der Waals surface area (Å²) in [5.41, 5.74) is 4.63. The Kier molecular flexibility index (Phi) is 5.04. The monoisotopic (exact) mass is 245 g/mol. The molecule has 1 atom stereocenters. The molecule has 1 heterocycles. The molecule has 0 radical (unpaired) electrons. The number of aromatic nitrogens is 2. The highest BCUT2D eigenvalue weighted by Crippen LogP contribution is 2.08. The van der Waals surface area contributed by atoms with Gasteiger partial charge in [0.1, 0.15) is 11.9 Å². The summed E-state index contributed by atoms with van der Waals surface area (Å²) in [7, 11) is 0. The highest BCUT2D eigenvalue weighted by Gasteiger charge is 2.17. The van der Waals surface area contributed by atoms with Crippen LogP contribution in [0.25, 0.3) is 0 Å². The first-order valence-corrected chi connectivity index (χ1v) is 4.95. The van der Waals surface area contributed by atoms with Crippen LogP contribution in [0.1, 0.15) is 6.23 Å². The van der Waals surface area contributed by atoms with Gasteiger partial charge in [0, 0.05) is 6.20 Å². The second-order valence-electron chi connectivity index (χ2n) is 3.30. The first-order valence-electron chi connectivity index (χ1n) is 4.95. The summed E-state index contributed by atoms with van der Waals surface area (Å²) < 4.78 is 6.16. The molecule has 0 fully saturated rings. The van der Waals surface area contributed by atoms with E-state index in [-0.39, 0.29) is 5.82 Å². The highest BCUT2D eigenvalue weighted by atomic mass is 16.5. The summed E-state index contributed by atoms with van der Waals surface area (Å²) in [6.07, 6.45) is -0.589. The quantitative estimate of drug-likeness (QED) is 0.442. The van der Waals surface area contributed by atoms with Crippen molar-refractivity contribution < 1.29 is 20.1 Å². The van der Waals surface area contributed by atoms with E-state index < -0.39 is 37.8 Å². The minimum Gasteiger partial charge on any atom is -0.394 e. The molecule has 0 saturated carbocycles. The minimum absolute atomic E-state index is 0.0591. The van der Waals surface area contributed by atoms with Crippen molar-refractivity contribution in [3.05, 3.63) is 22.7 Å². The van der Waals surface area contributed by atoms with Crippen LogP contribution in [0.4, 0.5) is 5.82 Å². The average Bonchev–Trinajstić information content (AvgIpc) is 2.32. The Labute approximate surface area is 96.9 Å². The fourth-order valence-corrected chi connectivity index (χ4v) is 1.21. The van der Waals surface area contributed by atoms with Gasteiger partial charge in [0.15, 0.2) is 6.23 Å². The maximum absolute atomic E-state index is 11.5. The van der Waals surface area contributed by atoms with E-state index in [0.29, 0.717) is 0 Å². The largest absolute Gasteiger partial charge is 0.394 e. The van der Waals surface area contributed by atoms with Gasteiger partial charge in [-0.1, -0.05) is 0 Å². The molecule has 1 aromatic rings. The number of nitrogens with zero attached hydrogens (tertiary/aromatic N) is 2.